The van der Waals surface area contributed by atoms with Gasteiger partial charge in [0.15, 0.2) is 0 Å². The highest BCUT2D eigenvalue weighted by Gasteiger charge is 2.33. The van der Waals surface area contributed by atoms with Gasteiger partial charge in [0.05, 0.1) is 5.69 Å². The van der Waals surface area contributed by atoms with Crippen molar-refractivity contribution in [3.05, 3.63) is 29.5 Å². The number of carboxylic acids is 1. The number of ether oxygens (including phenoxy) is 1. The first kappa shape index (κ1) is 11.3. The van der Waals surface area contributed by atoms with Crippen molar-refractivity contribution >= 4 is 17.7 Å². The fourth-order valence-electron chi connectivity index (χ4n) is 1.40. The van der Waals surface area contributed by atoms with E-state index in [0.717, 1.165) is 12.1 Å². The molecule has 0 fully saturated rings. The summed E-state index contributed by atoms with van der Waals surface area (Å²) in [5.41, 5.74) is -0.162. The Balaban J connectivity index is 2.39. The van der Waals surface area contributed by atoms with Gasteiger partial charge in [0, 0.05) is 5.56 Å². The highest BCUT2D eigenvalue weighted by Crippen LogP contribution is 2.37. The van der Waals surface area contributed by atoms with Crippen LogP contribution in [-0.2, 0) is 4.79 Å². The summed E-state index contributed by atoms with van der Waals surface area (Å²) >= 11 is 0. The number of nitrogens with zero attached hydrogens (tertiary/aromatic N) is 1. The van der Waals surface area contributed by atoms with Gasteiger partial charge in [-0.25, -0.2) is 10.1 Å². The number of benzene rings is 1. The molecule has 89 valence electrons. The quantitative estimate of drug-likeness (QED) is 0.867. The van der Waals surface area contributed by atoms with Crippen molar-refractivity contribution in [1.82, 2.24) is 5.32 Å². The van der Waals surface area contributed by atoms with Crippen LogP contribution < -0.4 is 10.1 Å². The third-order valence-corrected chi connectivity index (χ3v) is 2.01. The average Bonchev–Trinajstić information content (AvgIpc) is 2.60. The molecule has 1 aliphatic rings. The minimum Gasteiger partial charge on any atom is -0.477 e. The van der Waals surface area contributed by atoms with Crippen LogP contribution in [0, 0.1) is 0 Å². The van der Waals surface area contributed by atoms with Crippen LogP contribution in [0.1, 0.15) is 5.56 Å². The summed E-state index contributed by atoms with van der Waals surface area (Å²) in [5.74, 6) is -1.77. The highest BCUT2D eigenvalue weighted by atomic mass is 19.4. The fraction of sp³-hybridized carbons (Fsp3) is 0.100. The molecule has 0 aliphatic carbocycles. The van der Waals surface area contributed by atoms with E-state index in [0.29, 0.717) is 0 Å². The maximum absolute atomic E-state index is 12.1. The van der Waals surface area contributed by atoms with Crippen molar-refractivity contribution in [1.29, 1.82) is 0 Å². The van der Waals surface area contributed by atoms with E-state index in [2.05, 4.69) is 10.1 Å². The number of carboxylic acid groups (broad SMARTS) is 1. The Morgan fingerprint density at radius 2 is 2.06 bits per heavy atom. The molecule has 0 bridgehead atoms. The molecule has 1 aliphatic heterocycles. The molecule has 4 nitrogen and oxygen atoms in total. The number of halogens is 3. The summed E-state index contributed by atoms with van der Waals surface area (Å²) in [4.78, 5) is 10.6. The number of rotatable bonds is 2. The summed E-state index contributed by atoms with van der Waals surface area (Å²) in [5, 5.41) is 12.3. The molecule has 0 aromatic heterocycles. The maximum Gasteiger partial charge on any atom is 0.573 e. The van der Waals surface area contributed by atoms with Crippen LogP contribution in [0.5, 0.6) is 5.75 Å². The molecular formula is C10H5F3NO3. The van der Waals surface area contributed by atoms with Crippen LogP contribution in [0.4, 0.5) is 18.9 Å². The summed E-state index contributed by atoms with van der Waals surface area (Å²) in [6.45, 7) is 0. The van der Waals surface area contributed by atoms with Gasteiger partial charge in [-0.1, -0.05) is 6.07 Å². The Hall–Kier alpha value is -2.18. The molecule has 1 aromatic rings. The van der Waals surface area contributed by atoms with Crippen LogP contribution in [-0.4, -0.2) is 17.4 Å². The molecule has 1 heterocycles. The fourth-order valence-corrected chi connectivity index (χ4v) is 1.40. The predicted octanol–water partition coefficient (Wildman–Crippen LogP) is 2.26. The van der Waals surface area contributed by atoms with Crippen LogP contribution in [0.15, 0.2) is 23.9 Å². The van der Waals surface area contributed by atoms with Gasteiger partial charge in [-0.2, -0.15) is 0 Å². The molecule has 0 amide bonds. The van der Waals surface area contributed by atoms with Crippen molar-refractivity contribution in [3.63, 3.8) is 0 Å². The molecule has 0 atom stereocenters. The Morgan fingerprint density at radius 3 is 2.65 bits per heavy atom. The van der Waals surface area contributed by atoms with E-state index in [1.165, 1.54) is 12.1 Å². The van der Waals surface area contributed by atoms with Gasteiger partial charge >= 0.3 is 12.3 Å². The maximum atomic E-state index is 12.1. The summed E-state index contributed by atoms with van der Waals surface area (Å²) < 4.78 is 40.0. The number of alkyl halides is 3. The molecule has 1 radical (unpaired) electrons. The van der Waals surface area contributed by atoms with E-state index in [1.54, 1.807) is 0 Å². The van der Waals surface area contributed by atoms with E-state index in [4.69, 9.17) is 5.11 Å². The zero-order chi connectivity index (χ0) is 12.6. The Morgan fingerprint density at radius 1 is 1.35 bits per heavy atom. The smallest absolute Gasteiger partial charge is 0.477 e. The van der Waals surface area contributed by atoms with Gasteiger partial charge in [-0.3, -0.25) is 0 Å². The molecule has 0 saturated heterocycles. The monoisotopic (exact) mass is 244 g/mol. The molecule has 7 heteroatoms. The molecular weight excluding hydrogens is 239 g/mol. The Kier molecular flexibility index (Phi) is 2.45. The number of carbonyl (C=O) groups is 1. The molecule has 17 heavy (non-hydrogen) atoms. The number of aliphatic carboxylic acids is 1. The second-order valence-electron chi connectivity index (χ2n) is 3.18. The van der Waals surface area contributed by atoms with Gasteiger partial charge in [-0.05, 0) is 18.2 Å². The molecule has 2 rings (SSSR count). The highest BCUT2D eigenvalue weighted by molar-refractivity contribution is 5.97. The molecule has 1 aromatic carbocycles. The van der Waals surface area contributed by atoms with E-state index in [1.807, 2.05) is 0 Å². The van der Waals surface area contributed by atoms with Crippen molar-refractivity contribution in [3.8, 4) is 5.75 Å². The lowest BCUT2D eigenvalue weighted by atomic mass is 10.2. The van der Waals surface area contributed by atoms with Crippen molar-refractivity contribution in [2.24, 2.45) is 0 Å². The standard InChI is InChI=1S/C10H5F3NO3/c11-10(12,13)17-8-3-1-2-6-5(8)4-7(14-6)9(15)16/h1-4H,(H,15,16). The molecule has 0 spiro atoms. The minimum atomic E-state index is -4.82. The van der Waals surface area contributed by atoms with Gasteiger partial charge in [-0.15, -0.1) is 13.2 Å². The minimum absolute atomic E-state index is 0.0159. The van der Waals surface area contributed by atoms with Crippen LogP contribution in [0.3, 0.4) is 0 Å². The first-order chi connectivity index (χ1) is 7.87. The third kappa shape index (κ3) is 2.32. The van der Waals surface area contributed by atoms with E-state index in [-0.39, 0.29) is 16.9 Å². The van der Waals surface area contributed by atoms with Gasteiger partial charge in [0.1, 0.15) is 11.4 Å². The van der Waals surface area contributed by atoms with Crippen molar-refractivity contribution in [2.45, 2.75) is 6.36 Å². The summed E-state index contributed by atoms with van der Waals surface area (Å²) in [6.07, 6.45) is -3.78. The first-order valence-electron chi connectivity index (χ1n) is 4.42. The lowest BCUT2D eigenvalue weighted by Gasteiger charge is -2.11. The molecule has 0 unspecified atom stereocenters. The zero-order valence-electron chi connectivity index (χ0n) is 8.15. The second kappa shape index (κ2) is 3.69. The summed E-state index contributed by atoms with van der Waals surface area (Å²) in [6, 6.07) is 3.82. The third-order valence-electron chi connectivity index (χ3n) is 2.01. The van der Waals surface area contributed by atoms with Crippen LogP contribution in [0.2, 0.25) is 0 Å². The Bertz CT molecular complexity index is 508. The average molecular weight is 244 g/mol. The number of fused-ring (bicyclic) bond motifs is 1. The first-order valence-corrected chi connectivity index (χ1v) is 4.42. The van der Waals surface area contributed by atoms with Gasteiger partial charge in [0.2, 0.25) is 0 Å². The topological polar surface area (TPSA) is 60.6 Å². The van der Waals surface area contributed by atoms with Gasteiger partial charge < -0.3 is 9.84 Å². The van der Waals surface area contributed by atoms with Crippen molar-refractivity contribution in [2.75, 3.05) is 0 Å². The van der Waals surface area contributed by atoms with E-state index in [9.17, 15) is 18.0 Å². The predicted molar refractivity (Wildman–Crippen MR) is 50.5 cm³/mol. The summed E-state index contributed by atoms with van der Waals surface area (Å²) in [7, 11) is 0. The lowest BCUT2D eigenvalue weighted by molar-refractivity contribution is -0.274. The molecule has 1 N–H and O–H groups in total. The normalized spacial score (nSPS) is 13.7. The largest absolute Gasteiger partial charge is 0.573 e. The van der Waals surface area contributed by atoms with Crippen LogP contribution >= 0.6 is 0 Å². The van der Waals surface area contributed by atoms with E-state index >= 15 is 0 Å². The lowest BCUT2D eigenvalue weighted by Crippen LogP contribution is -2.17. The number of hydrogen-bond acceptors (Lipinski definition) is 2. The van der Waals surface area contributed by atoms with Gasteiger partial charge in [0.25, 0.3) is 0 Å². The SMILES string of the molecule is O=C(O)C1=Cc2c(cccc2OC(F)(F)F)[N]1. The Labute approximate surface area is 93.3 Å². The molecule has 0 saturated carbocycles. The van der Waals surface area contributed by atoms with Crippen molar-refractivity contribution < 1.29 is 27.8 Å². The zero-order valence-corrected chi connectivity index (χ0v) is 8.15. The number of hydrogen-bond donors (Lipinski definition) is 1. The van der Waals surface area contributed by atoms with Crippen LogP contribution in [0.25, 0.3) is 6.08 Å². The van der Waals surface area contributed by atoms with E-state index < -0.39 is 18.1 Å². The second-order valence-corrected chi connectivity index (χ2v) is 3.18.